The van der Waals surface area contributed by atoms with Gasteiger partial charge in [-0.2, -0.15) is 0 Å². The normalized spacial score (nSPS) is 12.4. The van der Waals surface area contributed by atoms with E-state index in [0.29, 0.717) is 24.5 Å². The maximum atomic E-state index is 12.8. The summed E-state index contributed by atoms with van der Waals surface area (Å²) in [6.07, 6.45) is 3.23. The minimum atomic E-state index is -3.72. The quantitative estimate of drug-likeness (QED) is 0.502. The second kappa shape index (κ2) is 10.1. The van der Waals surface area contributed by atoms with Gasteiger partial charge in [0.25, 0.3) is 0 Å². The molecule has 1 atom stereocenters. The van der Waals surface area contributed by atoms with Crippen LogP contribution in [0.5, 0.6) is 0 Å². The molecule has 3 aromatic rings. The van der Waals surface area contributed by atoms with Gasteiger partial charge in [0.15, 0.2) is 5.76 Å². The molecule has 0 fully saturated rings. The van der Waals surface area contributed by atoms with E-state index in [4.69, 9.17) is 4.52 Å². The molecule has 0 amide bonds. The highest BCUT2D eigenvalue weighted by molar-refractivity contribution is 7.89. The van der Waals surface area contributed by atoms with E-state index in [0.717, 1.165) is 17.7 Å². The number of anilines is 1. The fraction of sp³-hybridized carbons (Fsp3) is 0.389. The largest absolute Gasteiger partial charge is 0.368 e. The highest BCUT2D eigenvalue weighted by Gasteiger charge is 2.26. The van der Waals surface area contributed by atoms with E-state index in [1.165, 1.54) is 11.3 Å². The minimum Gasteiger partial charge on any atom is -0.368 e. The molecule has 0 aliphatic carbocycles. The summed E-state index contributed by atoms with van der Waals surface area (Å²) in [6, 6.07) is 3.50. The van der Waals surface area contributed by atoms with Crippen molar-refractivity contribution in [2.24, 2.45) is 0 Å². The van der Waals surface area contributed by atoms with Crippen LogP contribution < -0.4 is 10.0 Å². The lowest BCUT2D eigenvalue weighted by molar-refractivity contribution is 0.390. The standard InChI is InChI=1S/C18H23N5O3S2.ClH/c1-4-5-15(23-28(24,25)18-12(2)22-26-13(18)3)9-20-17-8-14(6-7-19-17)16-10-27-11-21-16;/h6-8,10-11,15,23H,4-5,9H2,1-3H3,(H,19,20);1H. The molecule has 0 aliphatic rings. The SMILES string of the molecule is CCCC(CNc1cc(-c2cscn2)ccn1)NS(=O)(=O)c1c(C)noc1C.Cl. The summed E-state index contributed by atoms with van der Waals surface area (Å²) < 4.78 is 33.3. The zero-order valence-electron chi connectivity index (χ0n) is 16.4. The van der Waals surface area contributed by atoms with Crippen LogP contribution in [0.2, 0.25) is 0 Å². The van der Waals surface area contributed by atoms with Gasteiger partial charge in [-0.05, 0) is 32.4 Å². The molecule has 3 aromatic heterocycles. The lowest BCUT2D eigenvalue weighted by Crippen LogP contribution is -2.40. The van der Waals surface area contributed by atoms with E-state index < -0.39 is 10.0 Å². The summed E-state index contributed by atoms with van der Waals surface area (Å²) in [5.74, 6) is 0.953. The van der Waals surface area contributed by atoms with Crippen LogP contribution in [0.4, 0.5) is 5.82 Å². The molecule has 0 bridgehead atoms. The highest BCUT2D eigenvalue weighted by atomic mass is 35.5. The number of halogens is 1. The van der Waals surface area contributed by atoms with E-state index in [1.807, 2.05) is 24.4 Å². The van der Waals surface area contributed by atoms with Crippen LogP contribution in [0.25, 0.3) is 11.3 Å². The van der Waals surface area contributed by atoms with Crippen molar-refractivity contribution in [3.8, 4) is 11.3 Å². The van der Waals surface area contributed by atoms with Gasteiger partial charge < -0.3 is 9.84 Å². The Labute approximate surface area is 180 Å². The van der Waals surface area contributed by atoms with Crippen LogP contribution in [-0.4, -0.2) is 36.1 Å². The van der Waals surface area contributed by atoms with Gasteiger partial charge in [-0.1, -0.05) is 18.5 Å². The van der Waals surface area contributed by atoms with Gasteiger partial charge in [0.1, 0.15) is 16.4 Å². The van der Waals surface area contributed by atoms with Gasteiger partial charge in [-0.3, -0.25) is 0 Å². The predicted molar refractivity (Wildman–Crippen MR) is 116 cm³/mol. The third-order valence-corrected chi connectivity index (χ3v) is 6.56. The summed E-state index contributed by atoms with van der Waals surface area (Å²) in [6.45, 7) is 5.63. The molecule has 0 saturated carbocycles. The number of rotatable bonds is 9. The van der Waals surface area contributed by atoms with Crippen LogP contribution in [-0.2, 0) is 10.0 Å². The molecule has 0 aromatic carbocycles. The molecule has 0 radical (unpaired) electrons. The zero-order valence-corrected chi connectivity index (χ0v) is 18.8. The van der Waals surface area contributed by atoms with Crippen molar-refractivity contribution in [1.29, 1.82) is 0 Å². The summed E-state index contributed by atoms with van der Waals surface area (Å²) in [5.41, 5.74) is 3.98. The lowest BCUT2D eigenvalue weighted by Gasteiger charge is -2.19. The first-order valence-electron chi connectivity index (χ1n) is 8.94. The summed E-state index contributed by atoms with van der Waals surface area (Å²) >= 11 is 1.53. The van der Waals surface area contributed by atoms with Crippen LogP contribution in [0, 0.1) is 13.8 Å². The number of sulfonamides is 1. The number of nitrogens with zero attached hydrogens (tertiary/aromatic N) is 3. The van der Waals surface area contributed by atoms with Crippen molar-refractivity contribution >= 4 is 39.6 Å². The molecule has 0 aliphatic heterocycles. The predicted octanol–water partition coefficient (Wildman–Crippen LogP) is 3.79. The fourth-order valence-corrected chi connectivity index (χ4v) is 5.12. The molecule has 3 rings (SSSR count). The van der Waals surface area contributed by atoms with Crippen LogP contribution in [0.1, 0.15) is 31.2 Å². The van der Waals surface area contributed by atoms with Crippen molar-refractivity contribution in [3.05, 3.63) is 40.7 Å². The molecule has 3 heterocycles. The third kappa shape index (κ3) is 5.75. The smallest absolute Gasteiger partial charge is 0.246 e. The zero-order chi connectivity index (χ0) is 20.1. The molecule has 158 valence electrons. The molecule has 1 unspecified atom stereocenters. The first kappa shape index (κ1) is 23.3. The molecule has 29 heavy (non-hydrogen) atoms. The second-order valence-electron chi connectivity index (χ2n) is 6.44. The first-order valence-corrected chi connectivity index (χ1v) is 11.4. The van der Waals surface area contributed by atoms with Gasteiger partial charge in [0.05, 0.1) is 11.2 Å². The average Bonchev–Trinajstić information content (AvgIpc) is 3.30. The maximum Gasteiger partial charge on any atom is 0.246 e. The Morgan fingerprint density at radius 1 is 1.28 bits per heavy atom. The Bertz CT molecular complexity index is 1000. The van der Waals surface area contributed by atoms with Crippen molar-refractivity contribution in [3.63, 3.8) is 0 Å². The number of aromatic nitrogens is 3. The molecule has 0 spiro atoms. The van der Waals surface area contributed by atoms with E-state index >= 15 is 0 Å². The summed E-state index contributed by atoms with van der Waals surface area (Å²) in [5, 5.41) is 8.93. The molecule has 11 heteroatoms. The van der Waals surface area contributed by atoms with Gasteiger partial charge in [-0.15, -0.1) is 23.7 Å². The molecular formula is C18H24ClN5O3S2. The third-order valence-electron chi connectivity index (χ3n) is 4.21. The number of nitrogens with one attached hydrogen (secondary N) is 2. The first-order chi connectivity index (χ1) is 13.4. The molecule has 0 saturated heterocycles. The monoisotopic (exact) mass is 457 g/mol. The Morgan fingerprint density at radius 3 is 2.69 bits per heavy atom. The van der Waals surface area contributed by atoms with E-state index in [2.05, 4.69) is 25.2 Å². The molecular weight excluding hydrogens is 434 g/mol. The van der Waals surface area contributed by atoms with Crippen molar-refractivity contribution in [2.45, 2.75) is 44.6 Å². The number of aryl methyl sites for hydroxylation is 2. The van der Waals surface area contributed by atoms with Crippen molar-refractivity contribution in [1.82, 2.24) is 19.8 Å². The Balaban J connectivity index is 0.00000300. The van der Waals surface area contributed by atoms with E-state index in [1.54, 1.807) is 25.6 Å². The Hall–Kier alpha value is -2.01. The fourth-order valence-electron chi connectivity index (χ4n) is 2.96. The number of pyridine rings is 1. The van der Waals surface area contributed by atoms with Crippen molar-refractivity contribution in [2.75, 3.05) is 11.9 Å². The molecule has 8 nitrogen and oxygen atoms in total. The Kier molecular flexibility index (Phi) is 8.14. The van der Waals surface area contributed by atoms with Crippen LogP contribution >= 0.6 is 23.7 Å². The topological polar surface area (TPSA) is 110 Å². The van der Waals surface area contributed by atoms with Gasteiger partial charge in [0, 0.05) is 29.7 Å². The summed E-state index contributed by atoms with van der Waals surface area (Å²) in [7, 11) is -3.72. The summed E-state index contributed by atoms with van der Waals surface area (Å²) in [4.78, 5) is 8.73. The minimum absolute atomic E-state index is 0. The maximum absolute atomic E-state index is 12.8. The van der Waals surface area contributed by atoms with Crippen LogP contribution in [0.3, 0.4) is 0 Å². The van der Waals surface area contributed by atoms with Gasteiger partial charge in [-0.25, -0.2) is 23.1 Å². The molecule has 2 N–H and O–H groups in total. The van der Waals surface area contributed by atoms with E-state index in [-0.39, 0.29) is 29.1 Å². The second-order valence-corrected chi connectivity index (χ2v) is 8.81. The number of hydrogen-bond donors (Lipinski definition) is 2. The highest BCUT2D eigenvalue weighted by Crippen LogP contribution is 2.22. The van der Waals surface area contributed by atoms with E-state index in [9.17, 15) is 8.42 Å². The number of thiazole rings is 1. The van der Waals surface area contributed by atoms with Gasteiger partial charge in [0.2, 0.25) is 10.0 Å². The van der Waals surface area contributed by atoms with Crippen LogP contribution in [0.15, 0.2) is 38.6 Å². The van der Waals surface area contributed by atoms with Crippen molar-refractivity contribution < 1.29 is 12.9 Å². The van der Waals surface area contributed by atoms with Gasteiger partial charge >= 0.3 is 0 Å². The average molecular weight is 458 g/mol. The lowest BCUT2D eigenvalue weighted by atomic mass is 10.2. The number of hydrogen-bond acceptors (Lipinski definition) is 8. The Morgan fingerprint density at radius 2 is 2.07 bits per heavy atom.